The van der Waals surface area contributed by atoms with Crippen molar-refractivity contribution in [2.75, 3.05) is 18.4 Å². The number of aromatic nitrogens is 3. The summed E-state index contributed by atoms with van der Waals surface area (Å²) in [5.41, 5.74) is 2.46. The van der Waals surface area contributed by atoms with Crippen molar-refractivity contribution in [3.8, 4) is 0 Å². The highest BCUT2D eigenvalue weighted by Crippen LogP contribution is 2.25. The minimum Gasteiger partial charge on any atom is -0.325 e. The third kappa shape index (κ3) is 6.09. The van der Waals surface area contributed by atoms with Gasteiger partial charge in [-0.15, -0.1) is 10.2 Å². The van der Waals surface area contributed by atoms with Gasteiger partial charge in [0.15, 0.2) is 10.9 Å². The van der Waals surface area contributed by atoms with Crippen LogP contribution in [0.15, 0.2) is 59.8 Å². The predicted octanol–water partition coefficient (Wildman–Crippen LogP) is 4.24. The molecule has 0 unspecified atom stereocenters. The van der Waals surface area contributed by atoms with Crippen LogP contribution in [0, 0.1) is 0 Å². The van der Waals surface area contributed by atoms with Gasteiger partial charge in [0.05, 0.1) is 18.3 Å². The number of Topliss-reactive ketones (excluding diaryl/α,β-unsaturated/α-hetero) is 1. The second-order valence-electron chi connectivity index (χ2n) is 8.34. The maximum atomic E-state index is 12.8. The van der Waals surface area contributed by atoms with Crippen molar-refractivity contribution in [1.29, 1.82) is 0 Å². The lowest BCUT2D eigenvalue weighted by atomic mass is 10.1. The highest BCUT2D eigenvalue weighted by Gasteiger charge is 2.22. The Morgan fingerprint density at radius 1 is 1.00 bits per heavy atom. The first kappa shape index (κ1) is 23.2. The third-order valence-electron chi connectivity index (χ3n) is 5.75. The standard InChI is InChI=1S/C25H29N5O2S/c1-18(31)21-10-12-22(13-11-21)26-24(32)19(2)33-25-28-27-23(17-29-14-6-7-15-29)30(25)16-20-8-4-3-5-9-20/h3-5,8-13,19H,6-7,14-17H2,1-2H3,(H,26,32)/t19-/m1/s1. The fraction of sp³-hybridized carbons (Fsp3) is 0.360. The molecule has 7 nitrogen and oxygen atoms in total. The van der Waals surface area contributed by atoms with E-state index in [9.17, 15) is 9.59 Å². The molecule has 3 aromatic rings. The summed E-state index contributed by atoms with van der Waals surface area (Å²) >= 11 is 1.41. The summed E-state index contributed by atoms with van der Waals surface area (Å²) in [4.78, 5) is 26.7. The highest BCUT2D eigenvalue weighted by atomic mass is 32.2. The molecule has 33 heavy (non-hydrogen) atoms. The van der Waals surface area contributed by atoms with E-state index in [1.54, 1.807) is 24.3 Å². The van der Waals surface area contributed by atoms with E-state index in [-0.39, 0.29) is 16.9 Å². The summed E-state index contributed by atoms with van der Waals surface area (Å²) in [5, 5.41) is 12.2. The van der Waals surface area contributed by atoms with Crippen LogP contribution in [0.4, 0.5) is 5.69 Å². The number of hydrogen-bond acceptors (Lipinski definition) is 6. The van der Waals surface area contributed by atoms with Crippen molar-refractivity contribution >= 4 is 29.1 Å². The quantitative estimate of drug-likeness (QED) is 0.378. The van der Waals surface area contributed by atoms with E-state index in [0.717, 1.165) is 30.6 Å². The topological polar surface area (TPSA) is 80.1 Å². The van der Waals surface area contributed by atoms with Crippen molar-refractivity contribution in [3.63, 3.8) is 0 Å². The van der Waals surface area contributed by atoms with Crippen LogP contribution in [-0.4, -0.2) is 49.7 Å². The Balaban J connectivity index is 1.47. The van der Waals surface area contributed by atoms with Crippen LogP contribution in [0.5, 0.6) is 0 Å². The number of nitrogens with one attached hydrogen (secondary N) is 1. The van der Waals surface area contributed by atoms with Gasteiger partial charge in [0.1, 0.15) is 5.82 Å². The molecular weight excluding hydrogens is 434 g/mol. The molecule has 0 bridgehead atoms. The molecule has 1 aromatic heterocycles. The molecule has 1 atom stereocenters. The predicted molar refractivity (Wildman–Crippen MR) is 130 cm³/mol. The first-order valence-corrected chi connectivity index (χ1v) is 12.1. The van der Waals surface area contributed by atoms with Gasteiger partial charge in [0.25, 0.3) is 0 Å². The van der Waals surface area contributed by atoms with E-state index in [0.29, 0.717) is 17.8 Å². The summed E-state index contributed by atoms with van der Waals surface area (Å²) < 4.78 is 2.13. The van der Waals surface area contributed by atoms with Gasteiger partial charge in [-0.05, 0) is 69.6 Å². The SMILES string of the molecule is CC(=O)c1ccc(NC(=O)[C@@H](C)Sc2nnc(CN3CCCC3)n2Cc2ccccc2)cc1. The number of rotatable bonds is 9. The fourth-order valence-corrected chi connectivity index (χ4v) is 4.70. The minimum atomic E-state index is -0.365. The maximum Gasteiger partial charge on any atom is 0.237 e. The highest BCUT2D eigenvalue weighted by molar-refractivity contribution is 8.00. The molecule has 2 aromatic carbocycles. The van der Waals surface area contributed by atoms with E-state index < -0.39 is 0 Å². The van der Waals surface area contributed by atoms with Crippen LogP contribution in [0.2, 0.25) is 0 Å². The average molecular weight is 464 g/mol. The third-order valence-corrected chi connectivity index (χ3v) is 6.83. The lowest BCUT2D eigenvalue weighted by molar-refractivity contribution is -0.115. The number of thioether (sulfide) groups is 1. The molecule has 1 N–H and O–H groups in total. The Morgan fingerprint density at radius 2 is 1.70 bits per heavy atom. The van der Waals surface area contributed by atoms with E-state index in [1.165, 1.54) is 37.1 Å². The number of carbonyl (C=O) groups excluding carboxylic acids is 2. The molecule has 1 fully saturated rings. The van der Waals surface area contributed by atoms with Gasteiger partial charge in [-0.2, -0.15) is 0 Å². The maximum absolute atomic E-state index is 12.8. The lowest BCUT2D eigenvalue weighted by Gasteiger charge is -2.17. The smallest absolute Gasteiger partial charge is 0.237 e. The second kappa shape index (κ2) is 10.8. The Hall–Kier alpha value is -2.97. The Bertz CT molecular complexity index is 1090. The van der Waals surface area contributed by atoms with Gasteiger partial charge < -0.3 is 9.88 Å². The average Bonchev–Trinajstić information content (AvgIpc) is 3.46. The molecule has 172 valence electrons. The number of amides is 1. The number of hydrogen-bond donors (Lipinski definition) is 1. The second-order valence-corrected chi connectivity index (χ2v) is 9.64. The molecule has 1 aliphatic heterocycles. The summed E-state index contributed by atoms with van der Waals surface area (Å²) in [6.07, 6.45) is 2.44. The molecule has 0 aliphatic carbocycles. The molecular formula is C25H29N5O2S. The fourth-order valence-electron chi connectivity index (χ4n) is 3.83. The Labute approximate surface area is 198 Å². The minimum absolute atomic E-state index is 0.000660. The molecule has 0 radical (unpaired) electrons. The van der Waals surface area contributed by atoms with Crippen LogP contribution >= 0.6 is 11.8 Å². The van der Waals surface area contributed by atoms with Crippen molar-refractivity contribution < 1.29 is 9.59 Å². The molecule has 4 rings (SSSR count). The molecule has 8 heteroatoms. The van der Waals surface area contributed by atoms with Crippen molar-refractivity contribution in [2.24, 2.45) is 0 Å². The molecule has 2 heterocycles. The molecule has 1 amide bonds. The number of nitrogens with zero attached hydrogens (tertiary/aromatic N) is 4. The van der Waals surface area contributed by atoms with Gasteiger partial charge in [-0.25, -0.2) is 0 Å². The first-order valence-electron chi connectivity index (χ1n) is 11.3. The molecule has 0 saturated carbocycles. The number of ketones is 1. The van der Waals surface area contributed by atoms with E-state index in [1.807, 2.05) is 25.1 Å². The number of anilines is 1. The van der Waals surface area contributed by atoms with Crippen molar-refractivity contribution in [1.82, 2.24) is 19.7 Å². The van der Waals surface area contributed by atoms with Gasteiger partial charge in [0, 0.05) is 11.3 Å². The van der Waals surface area contributed by atoms with Gasteiger partial charge in [0.2, 0.25) is 5.91 Å². The zero-order valence-corrected chi connectivity index (χ0v) is 19.8. The number of likely N-dealkylation sites (tertiary alicyclic amines) is 1. The monoisotopic (exact) mass is 463 g/mol. The Kier molecular flexibility index (Phi) is 7.57. The first-order chi connectivity index (χ1) is 16.0. The van der Waals surface area contributed by atoms with Gasteiger partial charge in [-0.3, -0.25) is 14.5 Å². The number of carbonyl (C=O) groups is 2. The van der Waals surface area contributed by atoms with Crippen LogP contribution in [0.3, 0.4) is 0 Å². The molecule has 1 saturated heterocycles. The largest absolute Gasteiger partial charge is 0.325 e. The molecule has 1 aliphatic rings. The summed E-state index contributed by atoms with van der Waals surface area (Å²) in [5.74, 6) is 0.806. The summed E-state index contributed by atoms with van der Waals surface area (Å²) in [6.45, 7) is 7.00. The van der Waals surface area contributed by atoms with Crippen molar-refractivity contribution in [2.45, 2.75) is 50.2 Å². The van der Waals surface area contributed by atoms with Gasteiger partial charge >= 0.3 is 0 Å². The van der Waals surface area contributed by atoms with Crippen LogP contribution in [0.1, 0.15) is 48.4 Å². The normalized spacial score (nSPS) is 14.8. The number of benzene rings is 2. The lowest BCUT2D eigenvalue weighted by Crippen LogP contribution is -2.24. The summed E-state index contributed by atoms with van der Waals surface area (Å²) in [6, 6.07) is 17.2. The molecule has 0 spiro atoms. The van der Waals surface area contributed by atoms with Crippen LogP contribution in [-0.2, 0) is 17.9 Å². The zero-order chi connectivity index (χ0) is 23.2. The summed E-state index contributed by atoms with van der Waals surface area (Å²) in [7, 11) is 0. The van der Waals surface area contributed by atoms with Gasteiger partial charge in [-0.1, -0.05) is 42.1 Å². The Morgan fingerprint density at radius 3 is 2.36 bits per heavy atom. The van der Waals surface area contributed by atoms with E-state index >= 15 is 0 Å². The zero-order valence-electron chi connectivity index (χ0n) is 19.0. The van der Waals surface area contributed by atoms with Crippen LogP contribution < -0.4 is 5.32 Å². The van der Waals surface area contributed by atoms with E-state index in [2.05, 4.69) is 37.1 Å². The van der Waals surface area contributed by atoms with Crippen LogP contribution in [0.25, 0.3) is 0 Å². The van der Waals surface area contributed by atoms with E-state index in [4.69, 9.17) is 0 Å². The van der Waals surface area contributed by atoms with Crippen molar-refractivity contribution in [3.05, 3.63) is 71.5 Å².